The lowest BCUT2D eigenvalue weighted by molar-refractivity contribution is -0.161. The zero-order chi connectivity index (χ0) is 11.8. The van der Waals surface area contributed by atoms with Crippen LogP contribution in [0.5, 0.6) is 0 Å². The van der Waals surface area contributed by atoms with Crippen molar-refractivity contribution in [1.82, 2.24) is 0 Å². The van der Waals surface area contributed by atoms with E-state index < -0.39 is 24.0 Å². The maximum absolute atomic E-state index is 11.2. The maximum atomic E-state index is 11.2. The Morgan fingerprint density at radius 3 is 2.27 bits per heavy atom. The Morgan fingerprint density at radius 1 is 1.20 bits per heavy atom. The van der Waals surface area contributed by atoms with Gasteiger partial charge >= 0.3 is 11.9 Å². The van der Waals surface area contributed by atoms with E-state index in [2.05, 4.69) is 4.74 Å². The molecular formula is C9H19N3O3. The first kappa shape index (κ1) is 14.0. The molecule has 6 heteroatoms. The van der Waals surface area contributed by atoms with Crippen LogP contribution in [0.1, 0.15) is 26.2 Å². The number of ether oxygens (including phenoxy) is 1. The van der Waals surface area contributed by atoms with Gasteiger partial charge in [-0.2, -0.15) is 0 Å². The molecule has 0 unspecified atom stereocenters. The largest absolute Gasteiger partial charge is 0.391 e. The highest BCUT2D eigenvalue weighted by Gasteiger charge is 2.20. The minimum Gasteiger partial charge on any atom is -0.391 e. The van der Waals surface area contributed by atoms with Crippen molar-refractivity contribution in [3.63, 3.8) is 0 Å². The molecule has 0 amide bonds. The van der Waals surface area contributed by atoms with E-state index in [9.17, 15) is 9.59 Å². The van der Waals surface area contributed by atoms with Crippen LogP contribution in [0.2, 0.25) is 0 Å². The van der Waals surface area contributed by atoms with Crippen LogP contribution in [-0.4, -0.2) is 30.6 Å². The molecule has 0 aliphatic heterocycles. The second-order valence-corrected chi connectivity index (χ2v) is 3.42. The average Bonchev–Trinajstić information content (AvgIpc) is 2.17. The monoisotopic (exact) mass is 217 g/mol. The SMILES string of the molecule is C[C@H](N)C(=O)OC(=O)[C@@H](N)CCCCN. The van der Waals surface area contributed by atoms with Crippen LogP contribution in [0, 0.1) is 0 Å². The average molecular weight is 217 g/mol. The van der Waals surface area contributed by atoms with Gasteiger partial charge in [0.2, 0.25) is 0 Å². The molecule has 0 saturated carbocycles. The molecule has 0 rings (SSSR count). The zero-order valence-electron chi connectivity index (χ0n) is 8.94. The van der Waals surface area contributed by atoms with Crippen molar-refractivity contribution in [2.24, 2.45) is 17.2 Å². The van der Waals surface area contributed by atoms with Gasteiger partial charge in [0.25, 0.3) is 0 Å². The fourth-order valence-corrected chi connectivity index (χ4v) is 0.894. The highest BCUT2D eigenvalue weighted by Crippen LogP contribution is 2.00. The molecule has 0 aromatic carbocycles. The highest BCUT2D eigenvalue weighted by atomic mass is 16.6. The maximum Gasteiger partial charge on any atom is 0.330 e. The van der Waals surface area contributed by atoms with E-state index in [1.807, 2.05) is 0 Å². The van der Waals surface area contributed by atoms with Gasteiger partial charge in [0, 0.05) is 0 Å². The van der Waals surface area contributed by atoms with E-state index in [1.54, 1.807) is 0 Å². The molecule has 6 nitrogen and oxygen atoms in total. The quantitative estimate of drug-likeness (QED) is 0.294. The van der Waals surface area contributed by atoms with Crippen LogP contribution in [0.3, 0.4) is 0 Å². The Labute approximate surface area is 89.1 Å². The van der Waals surface area contributed by atoms with Gasteiger partial charge in [-0.25, -0.2) is 9.59 Å². The number of unbranched alkanes of at least 4 members (excludes halogenated alkanes) is 1. The predicted molar refractivity (Wildman–Crippen MR) is 55.6 cm³/mol. The predicted octanol–water partition coefficient (Wildman–Crippen LogP) is -1.14. The normalized spacial score (nSPS) is 14.4. The Morgan fingerprint density at radius 2 is 1.80 bits per heavy atom. The third kappa shape index (κ3) is 6.16. The molecule has 0 bridgehead atoms. The molecule has 0 fully saturated rings. The molecule has 0 heterocycles. The van der Waals surface area contributed by atoms with Crippen molar-refractivity contribution in [3.8, 4) is 0 Å². The van der Waals surface area contributed by atoms with Crippen LogP contribution < -0.4 is 17.2 Å². The summed E-state index contributed by atoms with van der Waals surface area (Å²) in [7, 11) is 0. The summed E-state index contributed by atoms with van der Waals surface area (Å²) in [5, 5.41) is 0. The van der Waals surface area contributed by atoms with Gasteiger partial charge in [0.15, 0.2) is 0 Å². The van der Waals surface area contributed by atoms with Crippen molar-refractivity contribution in [2.75, 3.05) is 6.54 Å². The molecular weight excluding hydrogens is 198 g/mol. The molecule has 2 atom stereocenters. The number of carbonyl (C=O) groups excluding carboxylic acids is 2. The van der Waals surface area contributed by atoms with E-state index in [0.29, 0.717) is 13.0 Å². The first-order valence-corrected chi connectivity index (χ1v) is 4.95. The summed E-state index contributed by atoms with van der Waals surface area (Å²) in [6.07, 6.45) is 1.99. The number of hydrogen-bond donors (Lipinski definition) is 3. The second-order valence-electron chi connectivity index (χ2n) is 3.42. The van der Waals surface area contributed by atoms with Crippen LogP contribution in [0.4, 0.5) is 0 Å². The van der Waals surface area contributed by atoms with Gasteiger partial charge in [-0.1, -0.05) is 6.42 Å². The Balaban J connectivity index is 3.83. The molecule has 0 radical (unpaired) electrons. The smallest absolute Gasteiger partial charge is 0.330 e. The first-order valence-electron chi connectivity index (χ1n) is 4.95. The Kier molecular flexibility index (Phi) is 6.85. The third-order valence-corrected chi connectivity index (χ3v) is 1.84. The van der Waals surface area contributed by atoms with Crippen molar-refractivity contribution >= 4 is 11.9 Å². The van der Waals surface area contributed by atoms with Gasteiger partial charge in [0.1, 0.15) is 12.1 Å². The minimum absolute atomic E-state index is 0.461. The van der Waals surface area contributed by atoms with Crippen molar-refractivity contribution in [1.29, 1.82) is 0 Å². The molecule has 6 N–H and O–H groups in total. The molecule has 0 saturated heterocycles. The molecule has 0 aromatic heterocycles. The summed E-state index contributed by atoms with van der Waals surface area (Å²) in [5.74, 6) is -1.48. The van der Waals surface area contributed by atoms with Crippen molar-refractivity contribution in [3.05, 3.63) is 0 Å². The van der Waals surface area contributed by atoms with Crippen LogP contribution in [0.25, 0.3) is 0 Å². The van der Waals surface area contributed by atoms with E-state index in [4.69, 9.17) is 17.2 Å². The molecule has 0 aliphatic carbocycles. The lowest BCUT2D eigenvalue weighted by Crippen LogP contribution is -2.38. The summed E-state index contributed by atoms with van der Waals surface area (Å²) >= 11 is 0. The molecule has 0 aromatic rings. The fourth-order valence-electron chi connectivity index (χ4n) is 0.894. The van der Waals surface area contributed by atoms with Gasteiger partial charge in [0.05, 0.1) is 0 Å². The Bertz CT molecular complexity index is 219. The second kappa shape index (κ2) is 7.33. The van der Waals surface area contributed by atoms with E-state index in [1.165, 1.54) is 6.92 Å². The molecule has 88 valence electrons. The van der Waals surface area contributed by atoms with Gasteiger partial charge in [-0.05, 0) is 26.3 Å². The van der Waals surface area contributed by atoms with E-state index in [0.717, 1.165) is 12.8 Å². The topological polar surface area (TPSA) is 121 Å². The number of carbonyl (C=O) groups is 2. The molecule has 15 heavy (non-hydrogen) atoms. The van der Waals surface area contributed by atoms with Crippen LogP contribution in [-0.2, 0) is 14.3 Å². The zero-order valence-corrected chi connectivity index (χ0v) is 8.94. The summed E-state index contributed by atoms with van der Waals surface area (Å²) < 4.78 is 4.45. The standard InChI is InChI=1S/C9H19N3O3/c1-6(11)8(13)15-9(14)7(12)4-2-3-5-10/h6-7H,2-5,10-12H2,1H3/t6-,7-/m0/s1. The fraction of sp³-hybridized carbons (Fsp3) is 0.778. The third-order valence-electron chi connectivity index (χ3n) is 1.84. The molecule has 0 spiro atoms. The first-order chi connectivity index (χ1) is 6.99. The number of hydrogen-bond acceptors (Lipinski definition) is 6. The van der Waals surface area contributed by atoms with Crippen LogP contribution in [0.15, 0.2) is 0 Å². The summed E-state index contributed by atoms with van der Waals surface area (Å²) in [6, 6.07) is -1.59. The van der Waals surface area contributed by atoms with Crippen molar-refractivity contribution in [2.45, 2.75) is 38.3 Å². The number of esters is 2. The lowest BCUT2D eigenvalue weighted by Gasteiger charge is -2.10. The lowest BCUT2D eigenvalue weighted by atomic mass is 10.1. The van der Waals surface area contributed by atoms with Crippen LogP contribution >= 0.6 is 0 Å². The minimum atomic E-state index is -0.815. The van der Waals surface area contributed by atoms with Crippen molar-refractivity contribution < 1.29 is 14.3 Å². The summed E-state index contributed by atoms with van der Waals surface area (Å²) in [4.78, 5) is 22.1. The van der Waals surface area contributed by atoms with Gasteiger partial charge in [-0.3, -0.25) is 0 Å². The summed E-state index contributed by atoms with van der Waals surface area (Å²) in [6.45, 7) is 2.00. The Hall–Kier alpha value is -0.980. The highest BCUT2D eigenvalue weighted by molar-refractivity contribution is 5.90. The number of rotatable bonds is 6. The van der Waals surface area contributed by atoms with Gasteiger partial charge in [-0.15, -0.1) is 0 Å². The number of nitrogens with two attached hydrogens (primary N) is 3. The van der Waals surface area contributed by atoms with E-state index in [-0.39, 0.29) is 0 Å². The van der Waals surface area contributed by atoms with E-state index >= 15 is 0 Å². The molecule has 0 aliphatic rings. The van der Waals surface area contributed by atoms with Gasteiger partial charge < -0.3 is 21.9 Å². The summed E-state index contributed by atoms with van der Waals surface area (Å²) in [5.41, 5.74) is 16.0.